The van der Waals surface area contributed by atoms with Crippen molar-refractivity contribution in [2.45, 2.75) is 6.04 Å². The highest BCUT2D eigenvalue weighted by molar-refractivity contribution is 5.92. The molecule has 3 nitrogen and oxygen atoms in total. The summed E-state index contributed by atoms with van der Waals surface area (Å²) in [6, 6.07) is 15.8. The van der Waals surface area contributed by atoms with Gasteiger partial charge in [0.1, 0.15) is 5.82 Å². The highest BCUT2D eigenvalue weighted by Gasteiger charge is 2.13. The third-order valence-electron chi connectivity index (χ3n) is 3.36. The van der Waals surface area contributed by atoms with E-state index in [0.29, 0.717) is 6.54 Å². The van der Waals surface area contributed by atoms with Crippen LogP contribution < -0.4 is 5.32 Å². The minimum absolute atomic E-state index is 0.0865. The molecule has 1 atom stereocenters. The van der Waals surface area contributed by atoms with Crippen LogP contribution in [-0.4, -0.2) is 31.4 Å². The molecule has 0 unspecified atom stereocenters. The summed E-state index contributed by atoms with van der Waals surface area (Å²) in [4.78, 5) is 14.2. The van der Waals surface area contributed by atoms with E-state index < -0.39 is 0 Å². The molecule has 0 saturated heterocycles. The molecule has 0 aliphatic heterocycles. The number of carbonyl (C=O) groups excluding carboxylic acids is 1. The summed E-state index contributed by atoms with van der Waals surface area (Å²) in [6.07, 6.45) is 3.14. The van der Waals surface area contributed by atoms with E-state index in [4.69, 9.17) is 0 Å². The Balaban J connectivity index is 2.04. The van der Waals surface area contributed by atoms with Crippen molar-refractivity contribution < 1.29 is 9.18 Å². The van der Waals surface area contributed by atoms with Crippen LogP contribution in [0.2, 0.25) is 0 Å². The Morgan fingerprint density at radius 1 is 1.13 bits per heavy atom. The first-order valence-electron chi connectivity index (χ1n) is 7.48. The highest BCUT2D eigenvalue weighted by atomic mass is 19.1. The molecule has 0 radical (unpaired) electrons. The Kier molecular flexibility index (Phi) is 6.06. The van der Waals surface area contributed by atoms with E-state index in [1.54, 1.807) is 18.2 Å². The van der Waals surface area contributed by atoms with Crippen molar-refractivity contribution in [1.82, 2.24) is 10.2 Å². The predicted octanol–water partition coefficient (Wildman–Crippen LogP) is 3.26. The van der Waals surface area contributed by atoms with Gasteiger partial charge in [0.15, 0.2) is 0 Å². The number of halogens is 1. The fraction of sp³-hybridized carbons (Fsp3) is 0.211. The summed E-state index contributed by atoms with van der Waals surface area (Å²) in [7, 11) is 3.94. The lowest BCUT2D eigenvalue weighted by molar-refractivity contribution is -0.117. The Morgan fingerprint density at radius 3 is 2.39 bits per heavy atom. The maximum absolute atomic E-state index is 12.9. The monoisotopic (exact) mass is 312 g/mol. The summed E-state index contributed by atoms with van der Waals surface area (Å²) in [5.74, 6) is -0.466. The lowest BCUT2D eigenvalue weighted by Crippen LogP contribution is -2.34. The average molecular weight is 312 g/mol. The zero-order valence-corrected chi connectivity index (χ0v) is 13.4. The number of hydrogen-bond donors (Lipinski definition) is 1. The molecule has 0 spiro atoms. The second-order valence-corrected chi connectivity index (χ2v) is 5.62. The minimum atomic E-state index is -0.290. The molecule has 120 valence electrons. The van der Waals surface area contributed by atoms with E-state index in [0.717, 1.165) is 11.1 Å². The van der Waals surface area contributed by atoms with Crippen LogP contribution in [-0.2, 0) is 4.79 Å². The Morgan fingerprint density at radius 2 is 1.78 bits per heavy atom. The van der Waals surface area contributed by atoms with Gasteiger partial charge >= 0.3 is 0 Å². The van der Waals surface area contributed by atoms with Gasteiger partial charge in [0.2, 0.25) is 5.91 Å². The first kappa shape index (κ1) is 16.9. The van der Waals surface area contributed by atoms with Gasteiger partial charge in [-0.1, -0.05) is 42.5 Å². The molecule has 2 aromatic carbocycles. The van der Waals surface area contributed by atoms with Crippen molar-refractivity contribution in [2.24, 2.45) is 0 Å². The molecule has 1 N–H and O–H groups in total. The van der Waals surface area contributed by atoms with E-state index in [9.17, 15) is 9.18 Å². The van der Waals surface area contributed by atoms with Gasteiger partial charge in [-0.2, -0.15) is 0 Å². The molecule has 0 heterocycles. The predicted molar refractivity (Wildman–Crippen MR) is 91.3 cm³/mol. The minimum Gasteiger partial charge on any atom is -0.344 e. The number of carbonyl (C=O) groups is 1. The molecule has 23 heavy (non-hydrogen) atoms. The Labute approximate surface area is 136 Å². The van der Waals surface area contributed by atoms with Crippen LogP contribution in [0.5, 0.6) is 0 Å². The molecular formula is C19H21FN2O. The van der Waals surface area contributed by atoms with Gasteiger partial charge in [-0.15, -0.1) is 0 Å². The molecule has 0 fully saturated rings. The molecule has 2 rings (SSSR count). The van der Waals surface area contributed by atoms with Gasteiger partial charge < -0.3 is 10.2 Å². The van der Waals surface area contributed by atoms with Crippen molar-refractivity contribution in [3.8, 4) is 0 Å². The lowest BCUT2D eigenvalue weighted by Gasteiger charge is -2.22. The average Bonchev–Trinajstić information content (AvgIpc) is 2.54. The van der Waals surface area contributed by atoms with Crippen molar-refractivity contribution >= 4 is 12.0 Å². The summed E-state index contributed by atoms with van der Waals surface area (Å²) in [5.41, 5.74) is 1.84. The van der Waals surface area contributed by atoms with Crippen LogP contribution in [0.4, 0.5) is 4.39 Å². The van der Waals surface area contributed by atoms with Crippen molar-refractivity contribution in [3.63, 3.8) is 0 Å². The first-order valence-corrected chi connectivity index (χ1v) is 7.48. The maximum atomic E-state index is 12.9. The summed E-state index contributed by atoms with van der Waals surface area (Å²) >= 11 is 0. The SMILES string of the molecule is CN(C)C[C@@H](NC(=O)/C=C/c1ccc(F)cc1)c1ccccc1. The van der Waals surface area contributed by atoms with E-state index in [-0.39, 0.29) is 17.8 Å². The van der Waals surface area contributed by atoms with E-state index in [2.05, 4.69) is 5.32 Å². The zero-order chi connectivity index (χ0) is 16.7. The summed E-state index contributed by atoms with van der Waals surface area (Å²) in [5, 5.41) is 3.00. The van der Waals surface area contributed by atoms with E-state index in [1.807, 2.05) is 49.3 Å². The second-order valence-electron chi connectivity index (χ2n) is 5.62. The number of benzene rings is 2. The summed E-state index contributed by atoms with van der Waals surface area (Å²) in [6.45, 7) is 0.708. The first-order chi connectivity index (χ1) is 11.0. The van der Waals surface area contributed by atoms with Gasteiger partial charge in [-0.05, 0) is 43.4 Å². The van der Waals surface area contributed by atoms with Gasteiger partial charge in [0.05, 0.1) is 6.04 Å². The fourth-order valence-corrected chi connectivity index (χ4v) is 2.25. The topological polar surface area (TPSA) is 32.3 Å². The fourth-order valence-electron chi connectivity index (χ4n) is 2.25. The standard InChI is InChI=1S/C19H21FN2O/c1-22(2)14-18(16-6-4-3-5-7-16)21-19(23)13-10-15-8-11-17(20)12-9-15/h3-13,18H,14H2,1-2H3,(H,21,23)/b13-10+/t18-/m1/s1. The number of nitrogens with zero attached hydrogens (tertiary/aromatic N) is 1. The highest BCUT2D eigenvalue weighted by Crippen LogP contribution is 2.13. The van der Waals surface area contributed by atoms with Crippen LogP contribution in [0.25, 0.3) is 6.08 Å². The molecule has 4 heteroatoms. The molecule has 2 aromatic rings. The molecule has 0 aliphatic carbocycles. The van der Waals surface area contributed by atoms with Gasteiger partial charge in [-0.3, -0.25) is 4.79 Å². The normalized spacial score (nSPS) is 12.5. The third-order valence-corrected chi connectivity index (χ3v) is 3.36. The second kappa shape index (κ2) is 8.25. The van der Waals surface area contributed by atoms with Gasteiger partial charge in [0.25, 0.3) is 0 Å². The Bertz CT molecular complexity index is 651. The van der Waals surface area contributed by atoms with Crippen molar-refractivity contribution in [3.05, 3.63) is 77.6 Å². The quantitative estimate of drug-likeness (QED) is 0.830. The van der Waals surface area contributed by atoms with Crippen LogP contribution >= 0.6 is 0 Å². The van der Waals surface area contributed by atoms with Crippen molar-refractivity contribution in [1.29, 1.82) is 0 Å². The number of rotatable bonds is 6. The summed E-state index contributed by atoms with van der Waals surface area (Å²) < 4.78 is 12.9. The molecule has 0 bridgehead atoms. The number of likely N-dealkylation sites (N-methyl/N-ethyl adjacent to an activating group) is 1. The van der Waals surface area contributed by atoms with Crippen LogP contribution in [0.1, 0.15) is 17.2 Å². The van der Waals surface area contributed by atoms with E-state index >= 15 is 0 Å². The van der Waals surface area contributed by atoms with Crippen LogP contribution in [0.15, 0.2) is 60.7 Å². The third kappa shape index (κ3) is 5.68. The van der Waals surface area contributed by atoms with Crippen molar-refractivity contribution in [2.75, 3.05) is 20.6 Å². The maximum Gasteiger partial charge on any atom is 0.244 e. The van der Waals surface area contributed by atoms with Crippen LogP contribution in [0, 0.1) is 5.82 Å². The Hall–Kier alpha value is -2.46. The molecule has 0 aliphatic rings. The van der Waals surface area contributed by atoms with Crippen LogP contribution in [0.3, 0.4) is 0 Å². The number of amides is 1. The molecule has 1 amide bonds. The molecule has 0 saturated carbocycles. The smallest absolute Gasteiger partial charge is 0.244 e. The zero-order valence-electron chi connectivity index (χ0n) is 13.4. The van der Waals surface area contributed by atoms with Gasteiger partial charge in [-0.25, -0.2) is 4.39 Å². The molecule has 0 aromatic heterocycles. The number of nitrogens with one attached hydrogen (secondary N) is 1. The lowest BCUT2D eigenvalue weighted by atomic mass is 10.1. The number of hydrogen-bond acceptors (Lipinski definition) is 2. The largest absolute Gasteiger partial charge is 0.344 e. The molecular weight excluding hydrogens is 291 g/mol. The van der Waals surface area contributed by atoms with Gasteiger partial charge in [0, 0.05) is 12.6 Å². The van der Waals surface area contributed by atoms with E-state index in [1.165, 1.54) is 18.2 Å².